The zero-order valence-electron chi connectivity index (χ0n) is 51.1. The first-order valence-corrected chi connectivity index (χ1v) is 29.5. The summed E-state index contributed by atoms with van der Waals surface area (Å²) in [6.45, 7) is 20.0. The fraction of sp³-hybridized carbons (Fsp3) is 0.661. The smallest absolute Gasteiger partial charge is 0.331 e. The highest BCUT2D eigenvalue weighted by Gasteiger charge is 2.81. The van der Waals surface area contributed by atoms with Gasteiger partial charge < -0.3 is 66.5 Å². The number of fused-ring (bicyclic) bond motifs is 2. The summed E-state index contributed by atoms with van der Waals surface area (Å²) in [6.07, 6.45) is 12.4. The van der Waals surface area contributed by atoms with Gasteiger partial charge in [-0.05, 0) is 99.8 Å². The Kier molecular flexibility index (Phi) is 24.3. The van der Waals surface area contributed by atoms with Gasteiger partial charge in [-0.15, -0.1) is 0 Å². The largest absolute Gasteiger partial charge is 0.467 e. The number of methoxy groups -OCH3 is 1. The molecule has 4 aliphatic rings. The minimum Gasteiger partial charge on any atom is -0.467 e. The van der Waals surface area contributed by atoms with E-state index in [9.17, 15) is 43.2 Å². The van der Waals surface area contributed by atoms with Crippen molar-refractivity contribution in [2.45, 2.75) is 195 Å². The topological polar surface area (TPSA) is 324 Å². The molecule has 2 heterocycles. The first kappa shape index (κ1) is 68.1. The molecule has 1 aromatic rings. The highest BCUT2D eigenvalue weighted by Crippen LogP contribution is 2.71. The number of nitrogens with one attached hydrogen (secondary N) is 5. The molecule has 6 amide bonds. The van der Waals surface area contributed by atoms with E-state index in [-0.39, 0.29) is 81.3 Å². The number of benzene rings is 1. The van der Waals surface area contributed by atoms with Crippen molar-refractivity contribution in [1.29, 1.82) is 0 Å². The van der Waals surface area contributed by atoms with E-state index >= 15 is 0 Å². The number of anilines is 1. The number of amides is 6. The Morgan fingerprint density at radius 1 is 0.845 bits per heavy atom. The number of rotatable bonds is 32. The molecule has 1 aromatic carbocycles. The van der Waals surface area contributed by atoms with Gasteiger partial charge >= 0.3 is 29.9 Å². The number of hydrogen-bond donors (Lipinski definition) is 7. The van der Waals surface area contributed by atoms with Crippen molar-refractivity contribution < 1.29 is 71.6 Å². The van der Waals surface area contributed by atoms with Crippen molar-refractivity contribution in [2.24, 2.45) is 45.0 Å². The lowest BCUT2D eigenvalue weighted by Crippen LogP contribution is -2.63. The van der Waals surface area contributed by atoms with Gasteiger partial charge in [0.05, 0.1) is 39.0 Å². The number of esters is 4. The maximum absolute atomic E-state index is 13.9. The molecular weight excluding hydrogens is 1080 g/mol. The van der Waals surface area contributed by atoms with E-state index in [0.29, 0.717) is 43.7 Å². The molecule has 3 fully saturated rings. The second-order valence-corrected chi connectivity index (χ2v) is 25.3. The predicted molar refractivity (Wildman–Crippen MR) is 313 cm³/mol. The van der Waals surface area contributed by atoms with Gasteiger partial charge in [0.25, 0.3) is 0 Å². The number of primary amides is 1. The molecule has 2 saturated heterocycles. The number of epoxide rings is 1. The van der Waals surface area contributed by atoms with Crippen molar-refractivity contribution in [3.05, 3.63) is 65.8 Å². The van der Waals surface area contributed by atoms with Crippen LogP contribution in [0.1, 0.15) is 152 Å². The fourth-order valence-corrected chi connectivity index (χ4v) is 12.2. The van der Waals surface area contributed by atoms with Crippen LogP contribution in [0.3, 0.4) is 0 Å². The molecule has 0 aromatic heterocycles. The van der Waals surface area contributed by atoms with Crippen LogP contribution in [0, 0.1) is 33.5 Å². The van der Waals surface area contributed by atoms with E-state index < -0.39 is 99.6 Å². The number of nitrogens with two attached hydrogens (primary N) is 2. The van der Waals surface area contributed by atoms with Crippen molar-refractivity contribution in [2.75, 3.05) is 38.7 Å². The minimum atomic E-state index is -1.08. The lowest BCUT2D eigenvalue weighted by atomic mass is 9.52. The molecule has 1 saturated carbocycles. The van der Waals surface area contributed by atoms with E-state index in [1.165, 1.54) is 37.0 Å². The van der Waals surface area contributed by atoms with Crippen LogP contribution in [-0.4, -0.2) is 129 Å². The molecule has 2 bridgehead atoms. The molecule has 0 radical (unpaired) electrons. The summed E-state index contributed by atoms with van der Waals surface area (Å²) in [5.74, 6) is -5.02. The molecule has 5 unspecified atom stereocenters. The average molecular weight is 1180 g/mol. The van der Waals surface area contributed by atoms with Crippen molar-refractivity contribution >= 4 is 59.2 Å². The quantitative estimate of drug-likeness (QED) is 0.00822. The molecule has 5 rings (SSSR count). The zero-order valence-corrected chi connectivity index (χ0v) is 51.1. The summed E-state index contributed by atoms with van der Waals surface area (Å²) in [7, 11) is 1.21. The zero-order chi connectivity index (χ0) is 62.2. The Hall–Kier alpha value is -6.65. The van der Waals surface area contributed by atoms with Gasteiger partial charge in [-0.3, -0.25) is 24.0 Å². The highest BCUT2D eigenvalue weighted by molar-refractivity contribution is 5.98. The molecule has 22 nitrogen and oxygen atoms in total. The Morgan fingerprint density at radius 3 is 2.15 bits per heavy atom. The van der Waals surface area contributed by atoms with Gasteiger partial charge in [0.2, 0.25) is 23.6 Å². The van der Waals surface area contributed by atoms with E-state index in [1.807, 2.05) is 13.8 Å². The van der Waals surface area contributed by atoms with E-state index in [2.05, 4.69) is 53.4 Å². The average Bonchev–Trinajstić information content (AvgIpc) is 1.49. The normalized spacial score (nSPS) is 24.0. The van der Waals surface area contributed by atoms with Gasteiger partial charge in [0, 0.05) is 53.5 Å². The van der Waals surface area contributed by atoms with Gasteiger partial charge in [-0.25, -0.2) is 19.2 Å². The SMILES string of the molecule is COC(=O)C(NC(=O)C(C)(C)CC(C)(C)CC(=O)OCc1ccc(NC(=O)[C@H](CCCNC(N)=O)NC(=O)C(NC(=O)CCCCCN)C(C)C)cc1)[C@H](C)CCOC(=O)/C=C/C=C\C(=O)OC1CC2O[C@@H]3C=C(C)CC[C@]3(C)C1(C)[C@]21CO1. The molecule has 9 N–H and O–H groups in total. The van der Waals surface area contributed by atoms with Crippen molar-refractivity contribution in [3.63, 3.8) is 0 Å². The molecule has 84 heavy (non-hydrogen) atoms. The highest BCUT2D eigenvalue weighted by atomic mass is 16.6. The summed E-state index contributed by atoms with van der Waals surface area (Å²) in [5.41, 5.74) is 10.1. The van der Waals surface area contributed by atoms with E-state index in [4.69, 9.17) is 39.9 Å². The summed E-state index contributed by atoms with van der Waals surface area (Å²) < 4.78 is 34.8. The lowest BCUT2D eigenvalue weighted by molar-refractivity contribution is -0.209. The third kappa shape index (κ3) is 17.9. The van der Waals surface area contributed by atoms with Crippen LogP contribution in [-0.2, 0) is 73.4 Å². The van der Waals surface area contributed by atoms with Crippen LogP contribution < -0.4 is 38.1 Å². The molecule has 466 valence electrons. The molecule has 2 aliphatic heterocycles. The Labute approximate surface area is 494 Å². The fourth-order valence-electron chi connectivity index (χ4n) is 12.2. The Morgan fingerprint density at radius 2 is 1.52 bits per heavy atom. The first-order chi connectivity index (χ1) is 39.5. The van der Waals surface area contributed by atoms with Crippen LogP contribution in [0.5, 0.6) is 0 Å². The predicted octanol–water partition coefficient (Wildman–Crippen LogP) is 6.04. The molecule has 10 atom stereocenters. The molecule has 1 spiro atoms. The standard InChI is InChI=1S/C62H93N7O15/c1-38(2)51(68-47(70)19-13-12-16-29-63)54(75)67-43(18-17-30-65-57(64)78)53(74)66-42-24-22-41(23-25-42)35-81-50(73)34-58(5,6)36-59(7,8)56(77)69-52(55(76)79-11)40(4)27-31-80-48(71)20-14-15-21-49(72)84-45-33-46-62(37-82-62)61(45,10)60(9)28-26-39(3)32-44(60)83-46/h14-15,20-25,32,38,40,43-46,51-52H,12-13,16-19,26-31,33-37,63H2,1-11H3,(H,66,74)(H,67,75)(H,68,70)(H,69,77)(H3,64,65,78)/b20-14+,21-15-/t40-,43+,44-,45?,46?,51?,52?,60+,61?,62+/m1/s1. The Bertz CT molecular complexity index is 2610. The van der Waals surface area contributed by atoms with Crippen LogP contribution in [0.2, 0.25) is 0 Å². The third-order valence-electron chi connectivity index (χ3n) is 17.2. The number of allylic oxidation sites excluding steroid dienone is 3. The first-order valence-electron chi connectivity index (χ1n) is 29.5. The van der Waals surface area contributed by atoms with Crippen LogP contribution >= 0.6 is 0 Å². The van der Waals surface area contributed by atoms with Crippen molar-refractivity contribution in [1.82, 2.24) is 21.3 Å². The third-order valence-corrected chi connectivity index (χ3v) is 17.2. The van der Waals surface area contributed by atoms with Crippen LogP contribution in [0.15, 0.2) is 60.2 Å². The van der Waals surface area contributed by atoms with E-state index in [1.54, 1.807) is 58.9 Å². The van der Waals surface area contributed by atoms with Gasteiger partial charge in [0.1, 0.15) is 36.4 Å². The summed E-state index contributed by atoms with van der Waals surface area (Å²) >= 11 is 0. The number of hydrogen-bond acceptors (Lipinski definition) is 16. The van der Waals surface area contributed by atoms with Gasteiger partial charge in [0.15, 0.2) is 0 Å². The number of carbonyl (C=O) groups is 9. The molecule has 2 aliphatic carbocycles. The summed E-state index contributed by atoms with van der Waals surface area (Å²) in [4.78, 5) is 117. The number of ether oxygens (including phenoxy) is 6. The number of unbranched alkanes of at least 4 members (excludes halogenated alkanes) is 2. The maximum Gasteiger partial charge on any atom is 0.331 e. The van der Waals surface area contributed by atoms with Crippen molar-refractivity contribution in [3.8, 4) is 0 Å². The second-order valence-electron chi connectivity index (χ2n) is 25.3. The monoisotopic (exact) mass is 1180 g/mol. The molecule has 22 heteroatoms. The second kappa shape index (κ2) is 29.9. The van der Waals surface area contributed by atoms with Crippen LogP contribution in [0.25, 0.3) is 0 Å². The number of urea groups is 1. The molecular formula is C62H93N7O15. The van der Waals surface area contributed by atoms with Gasteiger partial charge in [-0.1, -0.05) is 105 Å². The minimum absolute atomic E-state index is 0.0447. The Balaban J connectivity index is 1.05. The summed E-state index contributed by atoms with van der Waals surface area (Å²) in [6, 6.07) is 2.84. The maximum atomic E-state index is 13.9. The summed E-state index contributed by atoms with van der Waals surface area (Å²) in [5, 5.41) is 13.7. The van der Waals surface area contributed by atoms with Gasteiger partial charge in [-0.2, -0.15) is 0 Å². The number of carbonyl (C=O) groups excluding carboxylic acids is 9. The lowest BCUT2D eigenvalue weighted by Gasteiger charge is -2.57. The van der Waals surface area contributed by atoms with E-state index in [0.717, 1.165) is 25.7 Å². The van der Waals surface area contributed by atoms with Crippen LogP contribution in [0.4, 0.5) is 10.5 Å².